The van der Waals surface area contributed by atoms with Crippen molar-refractivity contribution in [3.05, 3.63) is 49.2 Å². The van der Waals surface area contributed by atoms with E-state index in [9.17, 15) is 9.59 Å². The van der Waals surface area contributed by atoms with Crippen LogP contribution in [-0.2, 0) is 20.0 Å². The zero-order chi connectivity index (χ0) is 12.4. The number of nitrogens with zero attached hydrogens (tertiary/aromatic N) is 3. The van der Waals surface area contributed by atoms with Crippen molar-refractivity contribution >= 4 is 11.3 Å². The van der Waals surface area contributed by atoms with Crippen molar-refractivity contribution < 1.29 is 0 Å². The van der Waals surface area contributed by atoms with Gasteiger partial charge in [-0.1, -0.05) is 6.92 Å². The van der Waals surface area contributed by atoms with Crippen molar-refractivity contribution in [3.8, 4) is 0 Å². The Morgan fingerprint density at radius 3 is 2.82 bits per heavy atom. The molecule has 0 saturated heterocycles. The number of aryl methyl sites for hydroxylation is 1. The molecule has 0 saturated carbocycles. The average Bonchev–Trinajstić information content (AvgIpc) is 2.78. The van der Waals surface area contributed by atoms with E-state index in [-0.39, 0.29) is 11.2 Å². The summed E-state index contributed by atoms with van der Waals surface area (Å²) in [5.41, 5.74) is 0.245. The van der Waals surface area contributed by atoms with Crippen LogP contribution >= 0.6 is 11.3 Å². The summed E-state index contributed by atoms with van der Waals surface area (Å²) < 4.78 is 2.57. The fourth-order valence-corrected chi connectivity index (χ4v) is 2.23. The van der Waals surface area contributed by atoms with Crippen molar-refractivity contribution in [3.63, 3.8) is 0 Å². The second-order valence-electron chi connectivity index (χ2n) is 3.71. The molecule has 5 nitrogen and oxygen atoms in total. The minimum absolute atomic E-state index is 0.293. The lowest BCUT2D eigenvalue weighted by Crippen LogP contribution is -2.37. The molecule has 0 fully saturated rings. The third kappa shape index (κ3) is 2.36. The summed E-state index contributed by atoms with van der Waals surface area (Å²) >= 11 is 1.59. The van der Waals surface area contributed by atoms with Gasteiger partial charge in [0.2, 0.25) is 0 Å². The van der Waals surface area contributed by atoms with Crippen LogP contribution < -0.4 is 11.2 Å². The highest BCUT2D eigenvalue weighted by Gasteiger charge is 2.05. The van der Waals surface area contributed by atoms with Gasteiger partial charge in [0, 0.05) is 24.7 Å². The lowest BCUT2D eigenvalue weighted by Gasteiger charge is -2.04. The van der Waals surface area contributed by atoms with Crippen LogP contribution in [0.15, 0.2) is 27.2 Å². The zero-order valence-corrected chi connectivity index (χ0v) is 10.5. The topological polar surface area (TPSA) is 56.9 Å². The van der Waals surface area contributed by atoms with Crippen LogP contribution in [0.2, 0.25) is 0 Å². The summed E-state index contributed by atoms with van der Waals surface area (Å²) in [5, 5.41) is 2.99. The summed E-state index contributed by atoms with van der Waals surface area (Å²) in [4.78, 5) is 27.4. The summed E-state index contributed by atoms with van der Waals surface area (Å²) in [6.45, 7) is 2.45. The molecule has 90 valence electrons. The molecule has 0 aliphatic carbocycles. The molecule has 17 heavy (non-hydrogen) atoms. The first-order valence-corrected chi connectivity index (χ1v) is 6.19. The van der Waals surface area contributed by atoms with Crippen molar-refractivity contribution in [2.75, 3.05) is 0 Å². The van der Waals surface area contributed by atoms with Crippen LogP contribution in [0.3, 0.4) is 0 Å². The van der Waals surface area contributed by atoms with Gasteiger partial charge in [-0.3, -0.25) is 13.9 Å². The lowest BCUT2D eigenvalue weighted by atomic mass is 10.4. The smallest absolute Gasteiger partial charge is 0.294 e. The maximum absolute atomic E-state index is 11.8. The highest BCUT2D eigenvalue weighted by molar-refractivity contribution is 7.09. The molecule has 2 aromatic heterocycles. The molecule has 0 bridgehead atoms. The third-order valence-electron chi connectivity index (χ3n) is 2.49. The number of rotatable bonds is 3. The minimum Gasteiger partial charge on any atom is -0.294 e. The first-order valence-electron chi connectivity index (χ1n) is 5.31. The van der Waals surface area contributed by atoms with Crippen molar-refractivity contribution in [1.82, 2.24) is 14.1 Å². The first-order chi connectivity index (χ1) is 8.11. The first kappa shape index (κ1) is 11.8. The molecule has 0 aliphatic rings. The Morgan fingerprint density at radius 1 is 1.41 bits per heavy atom. The van der Waals surface area contributed by atoms with Gasteiger partial charge in [-0.2, -0.15) is 0 Å². The van der Waals surface area contributed by atoms with Gasteiger partial charge < -0.3 is 0 Å². The largest absolute Gasteiger partial charge is 0.331 e. The van der Waals surface area contributed by atoms with Crippen LogP contribution in [-0.4, -0.2) is 14.1 Å². The quantitative estimate of drug-likeness (QED) is 0.803. The van der Waals surface area contributed by atoms with Gasteiger partial charge in [0.1, 0.15) is 0 Å². The van der Waals surface area contributed by atoms with Crippen LogP contribution in [0.5, 0.6) is 0 Å². The Kier molecular flexibility index (Phi) is 3.23. The molecule has 0 unspecified atom stereocenters. The SMILES string of the molecule is CCc1nc(Cn2ccc(=O)n(C)c2=O)cs1. The van der Waals surface area contributed by atoms with Crippen molar-refractivity contribution in [1.29, 1.82) is 0 Å². The molecule has 0 N–H and O–H groups in total. The molecule has 0 aromatic carbocycles. The Labute approximate surface area is 102 Å². The van der Waals surface area contributed by atoms with Gasteiger partial charge in [0.05, 0.1) is 17.2 Å². The highest BCUT2D eigenvalue weighted by atomic mass is 32.1. The van der Waals surface area contributed by atoms with E-state index >= 15 is 0 Å². The molecule has 0 amide bonds. The monoisotopic (exact) mass is 251 g/mol. The summed E-state index contributed by atoms with van der Waals surface area (Å²) in [5.74, 6) is 0. The van der Waals surface area contributed by atoms with Crippen LogP contribution in [0.4, 0.5) is 0 Å². The van der Waals surface area contributed by atoms with E-state index in [4.69, 9.17) is 0 Å². The minimum atomic E-state index is -0.316. The van der Waals surface area contributed by atoms with Crippen molar-refractivity contribution in [2.24, 2.45) is 7.05 Å². The van der Waals surface area contributed by atoms with E-state index in [0.29, 0.717) is 6.54 Å². The van der Waals surface area contributed by atoms with E-state index in [1.807, 2.05) is 12.3 Å². The van der Waals surface area contributed by atoms with E-state index in [1.54, 1.807) is 11.3 Å². The molecule has 2 rings (SSSR count). The van der Waals surface area contributed by atoms with E-state index in [2.05, 4.69) is 4.98 Å². The zero-order valence-electron chi connectivity index (χ0n) is 9.71. The third-order valence-corrected chi connectivity index (χ3v) is 3.54. The van der Waals surface area contributed by atoms with Gasteiger partial charge in [0.15, 0.2) is 0 Å². The molecule has 2 aromatic rings. The van der Waals surface area contributed by atoms with Gasteiger partial charge in [0.25, 0.3) is 5.56 Å². The summed E-state index contributed by atoms with van der Waals surface area (Å²) in [7, 11) is 1.47. The predicted molar refractivity (Wildman–Crippen MR) is 66.5 cm³/mol. The Morgan fingerprint density at radius 2 is 2.18 bits per heavy atom. The van der Waals surface area contributed by atoms with Gasteiger partial charge in [-0.15, -0.1) is 11.3 Å². The molecule has 0 radical (unpaired) electrons. The Bertz CT molecular complexity index is 639. The van der Waals surface area contributed by atoms with Crippen LogP contribution in [0.25, 0.3) is 0 Å². The summed E-state index contributed by atoms with van der Waals surface area (Å²) in [6, 6.07) is 1.38. The van der Waals surface area contributed by atoms with E-state index < -0.39 is 0 Å². The molecule has 0 aliphatic heterocycles. The Balaban J connectivity index is 2.33. The average molecular weight is 251 g/mol. The van der Waals surface area contributed by atoms with Crippen LogP contribution in [0.1, 0.15) is 17.6 Å². The van der Waals surface area contributed by atoms with Gasteiger partial charge in [-0.05, 0) is 6.42 Å². The highest BCUT2D eigenvalue weighted by Crippen LogP contribution is 2.10. The number of hydrogen-bond donors (Lipinski definition) is 0. The standard InChI is InChI=1S/C11H13N3O2S/c1-3-9-12-8(7-17-9)6-14-5-4-10(15)13(2)11(14)16/h4-5,7H,3,6H2,1-2H3. The fourth-order valence-electron chi connectivity index (χ4n) is 1.50. The number of hydrogen-bond acceptors (Lipinski definition) is 4. The number of aromatic nitrogens is 3. The van der Waals surface area contributed by atoms with E-state index in [0.717, 1.165) is 21.7 Å². The van der Waals surface area contributed by atoms with Crippen LogP contribution in [0, 0.1) is 0 Å². The molecular weight excluding hydrogens is 238 g/mol. The predicted octanol–water partition coefficient (Wildman–Crippen LogP) is 0.614. The fraction of sp³-hybridized carbons (Fsp3) is 0.364. The molecule has 0 atom stereocenters. The second-order valence-corrected chi connectivity index (χ2v) is 4.65. The molecule has 6 heteroatoms. The second kappa shape index (κ2) is 4.67. The maximum atomic E-state index is 11.8. The van der Waals surface area contributed by atoms with Gasteiger partial charge >= 0.3 is 5.69 Å². The normalized spacial score (nSPS) is 10.7. The molecular formula is C11H13N3O2S. The Hall–Kier alpha value is -1.69. The summed E-state index contributed by atoms with van der Waals surface area (Å²) in [6.07, 6.45) is 2.41. The molecule has 0 spiro atoms. The number of thiazole rings is 1. The lowest BCUT2D eigenvalue weighted by molar-refractivity contribution is 0.638. The molecule has 2 heterocycles. The maximum Gasteiger partial charge on any atom is 0.331 e. The van der Waals surface area contributed by atoms with Crippen molar-refractivity contribution in [2.45, 2.75) is 19.9 Å². The van der Waals surface area contributed by atoms with Gasteiger partial charge in [-0.25, -0.2) is 9.78 Å². The van der Waals surface area contributed by atoms with E-state index in [1.165, 1.54) is 23.9 Å².